The van der Waals surface area contributed by atoms with Crippen molar-refractivity contribution in [3.05, 3.63) is 83.7 Å². The first-order chi connectivity index (χ1) is 9.33. The van der Waals surface area contributed by atoms with E-state index >= 15 is 0 Å². The Balaban J connectivity index is 1.99. The summed E-state index contributed by atoms with van der Waals surface area (Å²) in [4.78, 5) is 3.49. The summed E-state index contributed by atoms with van der Waals surface area (Å²) < 4.78 is 0. The average Bonchev–Trinajstić information content (AvgIpc) is 2.82. The van der Waals surface area contributed by atoms with E-state index < -0.39 is 0 Å². The highest BCUT2D eigenvalue weighted by atomic mass is 14.7. The molecule has 0 saturated heterocycles. The molecule has 0 saturated carbocycles. The van der Waals surface area contributed by atoms with Crippen molar-refractivity contribution in [3.8, 4) is 11.1 Å². The number of nitrogens with one attached hydrogen (secondary N) is 1. The van der Waals surface area contributed by atoms with Crippen LogP contribution in [0.15, 0.2) is 66.7 Å². The van der Waals surface area contributed by atoms with Crippen molar-refractivity contribution in [2.45, 2.75) is 13.3 Å². The van der Waals surface area contributed by atoms with Crippen LogP contribution in [0.1, 0.15) is 17.0 Å². The van der Waals surface area contributed by atoms with Crippen LogP contribution in [0, 0.1) is 6.92 Å². The zero-order valence-electron chi connectivity index (χ0n) is 11.1. The molecule has 0 bridgehead atoms. The van der Waals surface area contributed by atoms with Crippen molar-refractivity contribution in [1.82, 2.24) is 4.98 Å². The van der Waals surface area contributed by atoms with E-state index in [2.05, 4.69) is 78.6 Å². The molecule has 0 aliphatic carbocycles. The van der Waals surface area contributed by atoms with E-state index in [1.807, 2.05) is 0 Å². The van der Waals surface area contributed by atoms with Gasteiger partial charge in [0, 0.05) is 23.4 Å². The second-order valence-corrected chi connectivity index (χ2v) is 4.87. The maximum Gasteiger partial charge on any atom is 0.0273 e. The van der Waals surface area contributed by atoms with E-state index in [1.165, 1.54) is 28.1 Å². The van der Waals surface area contributed by atoms with Crippen molar-refractivity contribution >= 4 is 0 Å². The van der Waals surface area contributed by atoms with Crippen LogP contribution in [-0.4, -0.2) is 4.98 Å². The molecule has 0 fully saturated rings. The third-order valence-corrected chi connectivity index (χ3v) is 3.34. The van der Waals surface area contributed by atoms with Crippen LogP contribution in [0.2, 0.25) is 0 Å². The molecule has 0 aliphatic heterocycles. The number of aromatic nitrogens is 1. The van der Waals surface area contributed by atoms with E-state index in [9.17, 15) is 0 Å². The highest BCUT2D eigenvalue weighted by molar-refractivity contribution is 5.67. The number of H-pyrrole nitrogens is 1. The molecule has 0 atom stereocenters. The Hall–Kier alpha value is -2.28. The fourth-order valence-electron chi connectivity index (χ4n) is 2.46. The standard InChI is InChI=1S/C18H17N/c1-14-12-17(16-10-6-3-7-11-16)18(19-14)13-15-8-4-2-5-9-15/h2-12,19H,13H2,1H3. The van der Waals surface area contributed by atoms with E-state index in [4.69, 9.17) is 0 Å². The lowest BCUT2D eigenvalue weighted by Gasteiger charge is -2.04. The van der Waals surface area contributed by atoms with E-state index in [1.54, 1.807) is 0 Å². The van der Waals surface area contributed by atoms with Crippen molar-refractivity contribution in [2.24, 2.45) is 0 Å². The summed E-state index contributed by atoms with van der Waals surface area (Å²) in [5.74, 6) is 0. The predicted octanol–water partition coefficient (Wildman–Crippen LogP) is 4.58. The number of hydrogen-bond acceptors (Lipinski definition) is 0. The lowest BCUT2D eigenvalue weighted by Crippen LogP contribution is -1.91. The minimum Gasteiger partial charge on any atom is -0.362 e. The Morgan fingerprint density at radius 1 is 0.842 bits per heavy atom. The summed E-state index contributed by atoms with van der Waals surface area (Å²) >= 11 is 0. The van der Waals surface area contributed by atoms with Gasteiger partial charge in [0.15, 0.2) is 0 Å². The third-order valence-electron chi connectivity index (χ3n) is 3.34. The van der Waals surface area contributed by atoms with Gasteiger partial charge in [-0.25, -0.2) is 0 Å². The zero-order valence-corrected chi connectivity index (χ0v) is 11.1. The van der Waals surface area contributed by atoms with Crippen LogP contribution < -0.4 is 0 Å². The maximum atomic E-state index is 3.49. The van der Waals surface area contributed by atoms with Gasteiger partial charge in [0.05, 0.1) is 0 Å². The van der Waals surface area contributed by atoms with Crippen molar-refractivity contribution in [2.75, 3.05) is 0 Å². The molecule has 3 aromatic rings. The summed E-state index contributed by atoms with van der Waals surface area (Å²) in [5, 5.41) is 0. The molecule has 1 N–H and O–H groups in total. The SMILES string of the molecule is Cc1cc(-c2ccccc2)c(Cc2ccccc2)[nH]1. The maximum absolute atomic E-state index is 3.49. The third kappa shape index (κ3) is 2.60. The summed E-state index contributed by atoms with van der Waals surface area (Å²) in [6.45, 7) is 2.11. The topological polar surface area (TPSA) is 15.8 Å². The van der Waals surface area contributed by atoms with E-state index in [-0.39, 0.29) is 0 Å². The fraction of sp³-hybridized carbons (Fsp3) is 0.111. The van der Waals surface area contributed by atoms with Crippen molar-refractivity contribution < 1.29 is 0 Å². The molecule has 3 rings (SSSR count). The van der Waals surface area contributed by atoms with Gasteiger partial charge in [0.2, 0.25) is 0 Å². The fourth-order valence-corrected chi connectivity index (χ4v) is 2.46. The van der Waals surface area contributed by atoms with Gasteiger partial charge in [-0.1, -0.05) is 60.7 Å². The smallest absolute Gasteiger partial charge is 0.0273 e. The molecule has 1 heterocycles. The minimum atomic E-state index is 0.943. The minimum absolute atomic E-state index is 0.943. The lowest BCUT2D eigenvalue weighted by molar-refractivity contribution is 1.08. The zero-order chi connectivity index (χ0) is 13.1. The van der Waals surface area contributed by atoms with Gasteiger partial charge in [-0.05, 0) is 24.1 Å². The van der Waals surface area contributed by atoms with Crippen LogP contribution in [-0.2, 0) is 6.42 Å². The van der Waals surface area contributed by atoms with Crippen LogP contribution in [0.3, 0.4) is 0 Å². The van der Waals surface area contributed by atoms with Gasteiger partial charge in [0.25, 0.3) is 0 Å². The molecule has 1 heteroatoms. The lowest BCUT2D eigenvalue weighted by atomic mass is 10.0. The van der Waals surface area contributed by atoms with Gasteiger partial charge in [-0.2, -0.15) is 0 Å². The van der Waals surface area contributed by atoms with Gasteiger partial charge >= 0.3 is 0 Å². The number of aryl methyl sites for hydroxylation is 1. The van der Waals surface area contributed by atoms with Crippen LogP contribution >= 0.6 is 0 Å². The Bertz CT molecular complexity index is 651. The number of benzene rings is 2. The molecule has 0 radical (unpaired) electrons. The summed E-state index contributed by atoms with van der Waals surface area (Å²) in [6.07, 6.45) is 0.943. The molecule has 0 amide bonds. The molecule has 0 aliphatic rings. The number of aromatic amines is 1. The molecule has 0 spiro atoms. The number of hydrogen-bond donors (Lipinski definition) is 1. The van der Waals surface area contributed by atoms with E-state index in [0.717, 1.165) is 6.42 Å². The summed E-state index contributed by atoms with van der Waals surface area (Å²) in [7, 11) is 0. The molecule has 94 valence electrons. The summed E-state index contributed by atoms with van der Waals surface area (Å²) in [6, 6.07) is 23.4. The van der Waals surface area contributed by atoms with Gasteiger partial charge in [-0.15, -0.1) is 0 Å². The van der Waals surface area contributed by atoms with Gasteiger partial charge in [0.1, 0.15) is 0 Å². The molecule has 1 aromatic heterocycles. The Kier molecular flexibility index (Phi) is 3.20. The molecule has 2 aromatic carbocycles. The van der Waals surface area contributed by atoms with Crippen LogP contribution in [0.4, 0.5) is 0 Å². The van der Waals surface area contributed by atoms with Gasteiger partial charge in [-0.3, -0.25) is 0 Å². The monoisotopic (exact) mass is 247 g/mol. The molecule has 19 heavy (non-hydrogen) atoms. The van der Waals surface area contributed by atoms with Crippen LogP contribution in [0.5, 0.6) is 0 Å². The predicted molar refractivity (Wildman–Crippen MR) is 80.2 cm³/mol. The van der Waals surface area contributed by atoms with Crippen molar-refractivity contribution in [3.63, 3.8) is 0 Å². The normalized spacial score (nSPS) is 10.6. The second kappa shape index (κ2) is 5.15. The van der Waals surface area contributed by atoms with E-state index in [0.29, 0.717) is 0 Å². The Labute approximate surface area is 113 Å². The Morgan fingerprint density at radius 3 is 2.16 bits per heavy atom. The molecular weight excluding hydrogens is 230 g/mol. The molecule has 1 nitrogen and oxygen atoms in total. The number of rotatable bonds is 3. The van der Waals surface area contributed by atoms with Crippen molar-refractivity contribution in [1.29, 1.82) is 0 Å². The average molecular weight is 247 g/mol. The molecular formula is C18H17N. The highest BCUT2D eigenvalue weighted by Crippen LogP contribution is 2.26. The second-order valence-electron chi connectivity index (χ2n) is 4.87. The first-order valence-electron chi connectivity index (χ1n) is 6.61. The highest BCUT2D eigenvalue weighted by Gasteiger charge is 2.08. The first-order valence-corrected chi connectivity index (χ1v) is 6.61. The Morgan fingerprint density at radius 2 is 1.47 bits per heavy atom. The molecule has 0 unspecified atom stereocenters. The quantitative estimate of drug-likeness (QED) is 0.697. The first kappa shape index (κ1) is 11.8. The summed E-state index contributed by atoms with van der Waals surface area (Å²) in [5.41, 5.74) is 6.42. The van der Waals surface area contributed by atoms with Crippen LogP contribution in [0.25, 0.3) is 11.1 Å². The van der Waals surface area contributed by atoms with Gasteiger partial charge < -0.3 is 4.98 Å². The largest absolute Gasteiger partial charge is 0.362 e.